The van der Waals surface area contributed by atoms with Crippen LogP contribution in [-0.4, -0.2) is 12.3 Å². The van der Waals surface area contributed by atoms with Crippen LogP contribution in [0.1, 0.15) is 25.7 Å². The van der Waals surface area contributed by atoms with Crippen molar-refractivity contribution < 1.29 is 4.79 Å². The molecule has 10 heavy (non-hydrogen) atoms. The van der Waals surface area contributed by atoms with Crippen LogP contribution in [0.15, 0.2) is 0 Å². The van der Waals surface area contributed by atoms with Crippen LogP contribution in [0.2, 0.25) is 0 Å². The molecule has 2 saturated carbocycles. The Kier molecular flexibility index (Phi) is 1.15. The maximum absolute atomic E-state index is 10.8. The summed E-state index contributed by atoms with van der Waals surface area (Å²) in [6.45, 7) is 0.726. The number of ketones is 1. The normalized spacial score (nSPS) is 29.9. The van der Waals surface area contributed by atoms with E-state index in [0.717, 1.165) is 25.3 Å². The van der Waals surface area contributed by atoms with Crippen molar-refractivity contribution in [3.05, 3.63) is 0 Å². The predicted octanol–water partition coefficient (Wildman–Crippen LogP) is 0.704. The number of carbonyl (C=O) groups is 1. The van der Waals surface area contributed by atoms with Crippen LogP contribution in [0.3, 0.4) is 0 Å². The minimum Gasteiger partial charge on any atom is -0.330 e. The van der Waals surface area contributed by atoms with Gasteiger partial charge in [0.05, 0.1) is 0 Å². The van der Waals surface area contributed by atoms with Crippen molar-refractivity contribution in [2.75, 3.05) is 6.54 Å². The lowest BCUT2D eigenvalue weighted by Crippen LogP contribution is -2.45. The number of hydrogen-bond acceptors (Lipinski definition) is 2. The molecule has 0 aromatic carbocycles. The van der Waals surface area contributed by atoms with Gasteiger partial charge in [0.1, 0.15) is 5.78 Å². The van der Waals surface area contributed by atoms with Crippen LogP contribution >= 0.6 is 0 Å². The summed E-state index contributed by atoms with van der Waals surface area (Å²) in [5.41, 5.74) is 5.89. The summed E-state index contributed by atoms with van der Waals surface area (Å²) in [7, 11) is 0. The van der Waals surface area contributed by atoms with Gasteiger partial charge in [-0.25, -0.2) is 0 Å². The highest BCUT2D eigenvalue weighted by molar-refractivity contribution is 5.86. The van der Waals surface area contributed by atoms with Crippen molar-refractivity contribution in [1.82, 2.24) is 0 Å². The summed E-state index contributed by atoms with van der Waals surface area (Å²) in [6, 6.07) is 0. The highest BCUT2D eigenvalue weighted by atomic mass is 16.1. The first-order valence-corrected chi connectivity index (χ1v) is 3.99. The molecule has 2 N–H and O–H groups in total. The molecule has 2 heteroatoms. The lowest BCUT2D eigenvalue weighted by atomic mass is 9.64. The van der Waals surface area contributed by atoms with E-state index in [-0.39, 0.29) is 5.41 Å². The molecule has 0 radical (unpaired) electrons. The quantitative estimate of drug-likeness (QED) is 0.612. The standard InChI is InChI=1S/C8H13NO/c9-5-8(6-1-2-6)3-7(10)4-8/h6H,1-5,9H2. The zero-order valence-electron chi connectivity index (χ0n) is 6.10. The molecule has 0 heterocycles. The third-order valence-corrected chi connectivity index (χ3v) is 2.95. The average molecular weight is 139 g/mol. The zero-order chi connectivity index (χ0) is 7.19. The van der Waals surface area contributed by atoms with Gasteiger partial charge in [-0.05, 0) is 30.7 Å². The number of Topliss-reactive ketones (excluding diaryl/α,β-unsaturated/α-hetero) is 1. The van der Waals surface area contributed by atoms with Gasteiger partial charge >= 0.3 is 0 Å². The molecule has 56 valence electrons. The van der Waals surface area contributed by atoms with E-state index in [1.54, 1.807) is 0 Å². The molecular weight excluding hydrogens is 126 g/mol. The summed E-state index contributed by atoms with van der Waals surface area (Å²) in [4.78, 5) is 10.8. The van der Waals surface area contributed by atoms with E-state index in [9.17, 15) is 4.79 Å². The summed E-state index contributed by atoms with van der Waals surface area (Å²) < 4.78 is 0. The molecule has 0 bridgehead atoms. The third kappa shape index (κ3) is 0.717. The van der Waals surface area contributed by atoms with E-state index >= 15 is 0 Å². The van der Waals surface area contributed by atoms with E-state index in [2.05, 4.69) is 0 Å². The maximum atomic E-state index is 10.8. The van der Waals surface area contributed by atoms with Crippen LogP contribution in [0.5, 0.6) is 0 Å². The first-order chi connectivity index (χ1) is 4.77. The molecule has 0 amide bonds. The fraction of sp³-hybridized carbons (Fsp3) is 0.875. The van der Waals surface area contributed by atoms with E-state index in [1.807, 2.05) is 0 Å². The van der Waals surface area contributed by atoms with Crippen LogP contribution < -0.4 is 5.73 Å². The minimum atomic E-state index is 0.275. The van der Waals surface area contributed by atoms with E-state index < -0.39 is 0 Å². The molecule has 2 nitrogen and oxygen atoms in total. The first-order valence-electron chi connectivity index (χ1n) is 3.99. The van der Waals surface area contributed by atoms with Gasteiger partial charge in [0.15, 0.2) is 0 Å². The second-order valence-electron chi connectivity index (χ2n) is 3.73. The largest absolute Gasteiger partial charge is 0.330 e. The molecule has 2 fully saturated rings. The highest BCUT2D eigenvalue weighted by Crippen LogP contribution is 2.54. The van der Waals surface area contributed by atoms with E-state index in [0.29, 0.717) is 5.78 Å². The molecule has 2 aliphatic rings. The average Bonchev–Trinajstić information content (AvgIpc) is 2.61. The van der Waals surface area contributed by atoms with Crippen molar-refractivity contribution >= 4 is 5.78 Å². The Hall–Kier alpha value is -0.370. The van der Waals surface area contributed by atoms with E-state index in [1.165, 1.54) is 12.8 Å². The lowest BCUT2D eigenvalue weighted by molar-refractivity contribution is -0.133. The second kappa shape index (κ2) is 1.82. The monoisotopic (exact) mass is 139 g/mol. The van der Waals surface area contributed by atoms with Crippen molar-refractivity contribution in [1.29, 1.82) is 0 Å². The SMILES string of the molecule is NCC1(C2CC2)CC(=O)C1. The van der Waals surface area contributed by atoms with Gasteiger partial charge in [-0.3, -0.25) is 4.79 Å². The Labute approximate surface area is 60.8 Å². The maximum Gasteiger partial charge on any atom is 0.134 e. The number of rotatable bonds is 2. The number of nitrogens with two attached hydrogens (primary N) is 1. The molecule has 0 aliphatic heterocycles. The van der Waals surface area contributed by atoms with Crippen LogP contribution in [0.25, 0.3) is 0 Å². The summed E-state index contributed by atoms with van der Waals surface area (Å²) in [5, 5.41) is 0. The Morgan fingerprint density at radius 1 is 1.50 bits per heavy atom. The van der Waals surface area contributed by atoms with Gasteiger partial charge < -0.3 is 5.73 Å². The topological polar surface area (TPSA) is 43.1 Å². The summed E-state index contributed by atoms with van der Waals surface area (Å²) in [5.74, 6) is 1.22. The zero-order valence-corrected chi connectivity index (χ0v) is 6.10. The van der Waals surface area contributed by atoms with Gasteiger partial charge in [0.2, 0.25) is 0 Å². The minimum absolute atomic E-state index is 0.275. The fourth-order valence-electron chi connectivity index (χ4n) is 2.03. The highest BCUT2D eigenvalue weighted by Gasteiger charge is 2.52. The van der Waals surface area contributed by atoms with Gasteiger partial charge in [-0.2, -0.15) is 0 Å². The fourth-order valence-corrected chi connectivity index (χ4v) is 2.03. The molecule has 2 rings (SSSR count). The Morgan fingerprint density at radius 2 is 2.10 bits per heavy atom. The lowest BCUT2D eigenvalue weighted by Gasteiger charge is -2.39. The van der Waals surface area contributed by atoms with Crippen molar-refractivity contribution in [2.24, 2.45) is 17.1 Å². The van der Waals surface area contributed by atoms with Gasteiger partial charge in [0.25, 0.3) is 0 Å². The molecule has 0 spiro atoms. The smallest absolute Gasteiger partial charge is 0.134 e. The van der Waals surface area contributed by atoms with Gasteiger partial charge in [0, 0.05) is 12.8 Å². The van der Waals surface area contributed by atoms with Gasteiger partial charge in [-0.15, -0.1) is 0 Å². The second-order valence-corrected chi connectivity index (χ2v) is 3.73. The molecule has 0 atom stereocenters. The summed E-state index contributed by atoms with van der Waals surface area (Å²) >= 11 is 0. The van der Waals surface area contributed by atoms with Gasteiger partial charge in [-0.1, -0.05) is 0 Å². The number of carbonyl (C=O) groups excluding carboxylic acids is 1. The molecule has 0 aromatic rings. The molecule has 0 unspecified atom stereocenters. The third-order valence-electron chi connectivity index (χ3n) is 2.95. The van der Waals surface area contributed by atoms with Crippen LogP contribution in [0.4, 0.5) is 0 Å². The Morgan fingerprint density at radius 3 is 2.40 bits per heavy atom. The van der Waals surface area contributed by atoms with E-state index in [4.69, 9.17) is 5.73 Å². The molecule has 2 aliphatic carbocycles. The van der Waals surface area contributed by atoms with Crippen molar-refractivity contribution in [2.45, 2.75) is 25.7 Å². The Bertz CT molecular complexity index is 164. The predicted molar refractivity (Wildman–Crippen MR) is 38.5 cm³/mol. The summed E-state index contributed by atoms with van der Waals surface area (Å²) in [6.07, 6.45) is 4.16. The molecule has 0 saturated heterocycles. The van der Waals surface area contributed by atoms with Crippen LogP contribution in [0, 0.1) is 11.3 Å². The molecule has 0 aromatic heterocycles. The molecular formula is C8H13NO. The number of hydrogen-bond donors (Lipinski definition) is 1. The van der Waals surface area contributed by atoms with Crippen LogP contribution in [-0.2, 0) is 4.79 Å². The van der Waals surface area contributed by atoms with Crippen molar-refractivity contribution in [3.8, 4) is 0 Å². The first kappa shape index (κ1) is 6.35. The Balaban J connectivity index is 2.03. The van der Waals surface area contributed by atoms with Crippen molar-refractivity contribution in [3.63, 3.8) is 0 Å².